The van der Waals surface area contributed by atoms with E-state index >= 15 is 0 Å². The van der Waals surface area contributed by atoms with Gasteiger partial charge in [-0.25, -0.2) is 0 Å². The molecule has 2 N–H and O–H groups in total. The van der Waals surface area contributed by atoms with Crippen LogP contribution in [-0.4, -0.2) is 25.5 Å². The fraction of sp³-hybridized carbons (Fsp3) is 0.308. The van der Waals surface area contributed by atoms with E-state index in [0.29, 0.717) is 28.8 Å². The number of furan rings is 1. The minimum Gasteiger partial charge on any atom is -0.494 e. The van der Waals surface area contributed by atoms with E-state index in [1.165, 1.54) is 51.0 Å². The van der Waals surface area contributed by atoms with Gasteiger partial charge in [0.25, 0.3) is 11.8 Å². The summed E-state index contributed by atoms with van der Waals surface area (Å²) in [6.07, 6.45) is 7.85. The maximum Gasteiger partial charge on any atom is 0.291 e. The Kier molecular flexibility index (Phi) is 7.29. The molecule has 1 heterocycles. The molecule has 1 aliphatic carbocycles. The number of benzene rings is 2. The maximum atomic E-state index is 12.4. The van der Waals surface area contributed by atoms with Gasteiger partial charge in [0.1, 0.15) is 11.5 Å². The van der Waals surface area contributed by atoms with Gasteiger partial charge in [0, 0.05) is 11.8 Å². The summed E-state index contributed by atoms with van der Waals surface area (Å²) in [5.74, 6) is 1.22. The Bertz CT molecular complexity index is 1070. The molecule has 1 saturated carbocycles. The number of rotatable bonds is 8. The third kappa shape index (κ3) is 5.94. The van der Waals surface area contributed by atoms with Crippen molar-refractivity contribution in [2.75, 3.05) is 24.4 Å². The van der Waals surface area contributed by atoms with Crippen LogP contribution in [0, 0.1) is 0 Å². The van der Waals surface area contributed by atoms with Crippen molar-refractivity contribution in [3.8, 4) is 11.5 Å². The molecular weight excluding hydrogens is 420 g/mol. The fourth-order valence-electron chi connectivity index (χ4n) is 4.08. The fourth-order valence-corrected chi connectivity index (χ4v) is 4.08. The van der Waals surface area contributed by atoms with Crippen LogP contribution in [0.4, 0.5) is 11.4 Å². The van der Waals surface area contributed by atoms with Gasteiger partial charge in [-0.05, 0) is 60.7 Å². The molecule has 3 aromatic rings. The predicted molar refractivity (Wildman–Crippen MR) is 126 cm³/mol. The number of nitrogens with one attached hydrogen (secondary N) is 2. The first-order valence-electron chi connectivity index (χ1n) is 11.2. The highest BCUT2D eigenvalue weighted by molar-refractivity contribution is 6.03. The highest BCUT2D eigenvalue weighted by Gasteiger charge is 2.16. The van der Waals surface area contributed by atoms with Crippen LogP contribution in [0.15, 0.2) is 65.3 Å². The zero-order valence-electron chi connectivity index (χ0n) is 18.6. The van der Waals surface area contributed by atoms with Crippen molar-refractivity contribution in [1.82, 2.24) is 0 Å². The second-order valence-corrected chi connectivity index (χ2v) is 8.09. The zero-order chi connectivity index (χ0) is 23.0. The summed E-state index contributed by atoms with van der Waals surface area (Å²) in [6.45, 7) is -0.109. The molecule has 0 saturated heterocycles. The molecule has 1 fully saturated rings. The normalized spacial score (nSPS) is 13.8. The molecule has 2 amide bonds. The van der Waals surface area contributed by atoms with Gasteiger partial charge in [-0.15, -0.1) is 0 Å². The van der Waals surface area contributed by atoms with E-state index in [1.807, 2.05) is 12.1 Å². The largest absolute Gasteiger partial charge is 0.494 e. The van der Waals surface area contributed by atoms with Crippen molar-refractivity contribution < 1.29 is 23.5 Å². The van der Waals surface area contributed by atoms with Crippen LogP contribution in [0.25, 0.3) is 0 Å². The molecule has 7 heteroatoms. The molecule has 1 aliphatic rings. The van der Waals surface area contributed by atoms with Gasteiger partial charge < -0.3 is 24.5 Å². The standard InChI is InChI=1S/C26H28N2O5/c1-31-24-16-20(11-14-22(24)28-26(30)23-8-5-15-32-23)27-25(29)17-33-21-12-9-19(10-13-21)18-6-3-2-4-7-18/h5,8-16,18H,2-4,6-7,17H2,1H3,(H,27,29)(H,28,30). The van der Waals surface area contributed by atoms with Crippen LogP contribution in [0.1, 0.15) is 54.1 Å². The Morgan fingerprint density at radius 1 is 1.00 bits per heavy atom. The van der Waals surface area contributed by atoms with Crippen LogP contribution in [-0.2, 0) is 4.79 Å². The number of amides is 2. The number of hydrogen-bond acceptors (Lipinski definition) is 5. The van der Waals surface area contributed by atoms with Gasteiger partial charge in [0.15, 0.2) is 12.4 Å². The summed E-state index contributed by atoms with van der Waals surface area (Å²) >= 11 is 0. The first-order valence-corrected chi connectivity index (χ1v) is 11.2. The number of anilines is 2. The van der Waals surface area contributed by atoms with Gasteiger partial charge >= 0.3 is 0 Å². The lowest BCUT2D eigenvalue weighted by atomic mass is 9.84. The van der Waals surface area contributed by atoms with Gasteiger partial charge in [0.05, 0.1) is 19.1 Å². The Labute approximate surface area is 193 Å². The van der Waals surface area contributed by atoms with E-state index in [1.54, 1.807) is 30.3 Å². The maximum absolute atomic E-state index is 12.4. The lowest BCUT2D eigenvalue weighted by Gasteiger charge is -2.22. The first-order chi connectivity index (χ1) is 16.1. The number of methoxy groups -OCH3 is 1. The summed E-state index contributed by atoms with van der Waals surface area (Å²) < 4.78 is 16.1. The van der Waals surface area contributed by atoms with E-state index in [9.17, 15) is 9.59 Å². The van der Waals surface area contributed by atoms with Gasteiger partial charge in [-0.3, -0.25) is 9.59 Å². The van der Waals surface area contributed by atoms with E-state index in [4.69, 9.17) is 13.9 Å². The van der Waals surface area contributed by atoms with Crippen molar-refractivity contribution >= 4 is 23.2 Å². The molecule has 0 spiro atoms. The molecule has 7 nitrogen and oxygen atoms in total. The first kappa shape index (κ1) is 22.5. The van der Waals surface area contributed by atoms with Crippen molar-refractivity contribution in [2.45, 2.75) is 38.0 Å². The Morgan fingerprint density at radius 2 is 1.79 bits per heavy atom. The van der Waals surface area contributed by atoms with E-state index in [-0.39, 0.29) is 18.3 Å². The molecule has 0 radical (unpaired) electrons. The molecule has 0 atom stereocenters. The molecule has 0 unspecified atom stereocenters. The van der Waals surface area contributed by atoms with Crippen molar-refractivity contribution in [3.05, 3.63) is 72.2 Å². The zero-order valence-corrected chi connectivity index (χ0v) is 18.6. The molecule has 172 valence electrons. The average molecular weight is 449 g/mol. The van der Waals surface area contributed by atoms with E-state index in [0.717, 1.165) is 0 Å². The predicted octanol–water partition coefficient (Wildman–Crippen LogP) is 5.61. The van der Waals surface area contributed by atoms with Gasteiger partial charge in [-0.2, -0.15) is 0 Å². The minimum atomic E-state index is -0.391. The molecule has 1 aromatic heterocycles. The third-order valence-corrected chi connectivity index (χ3v) is 5.81. The van der Waals surface area contributed by atoms with Gasteiger partial charge in [0.2, 0.25) is 0 Å². The molecule has 4 rings (SSSR count). The number of carbonyl (C=O) groups is 2. The van der Waals surface area contributed by atoms with Crippen LogP contribution in [0.2, 0.25) is 0 Å². The molecule has 0 aliphatic heterocycles. The SMILES string of the molecule is COc1cc(NC(=O)COc2ccc(C3CCCCC3)cc2)ccc1NC(=O)c1ccco1. The molecule has 33 heavy (non-hydrogen) atoms. The number of ether oxygens (including phenoxy) is 2. The summed E-state index contributed by atoms with van der Waals surface area (Å²) in [7, 11) is 1.49. The smallest absolute Gasteiger partial charge is 0.291 e. The van der Waals surface area contributed by atoms with Crippen molar-refractivity contribution in [2.24, 2.45) is 0 Å². The topological polar surface area (TPSA) is 89.8 Å². The Hall–Kier alpha value is -3.74. The lowest BCUT2D eigenvalue weighted by Crippen LogP contribution is -2.20. The quantitative estimate of drug-likeness (QED) is 0.468. The van der Waals surface area contributed by atoms with Crippen molar-refractivity contribution in [3.63, 3.8) is 0 Å². The molecule has 2 aromatic carbocycles. The van der Waals surface area contributed by atoms with Crippen LogP contribution < -0.4 is 20.1 Å². The number of hydrogen-bond donors (Lipinski definition) is 2. The Morgan fingerprint density at radius 3 is 2.48 bits per heavy atom. The van der Waals surface area contributed by atoms with Crippen LogP contribution in [0.3, 0.4) is 0 Å². The average Bonchev–Trinajstić information content (AvgIpc) is 3.40. The molecule has 0 bridgehead atoms. The highest BCUT2D eigenvalue weighted by Crippen LogP contribution is 2.33. The number of carbonyl (C=O) groups excluding carboxylic acids is 2. The van der Waals surface area contributed by atoms with Crippen LogP contribution >= 0.6 is 0 Å². The molecular formula is C26H28N2O5. The van der Waals surface area contributed by atoms with Crippen molar-refractivity contribution in [1.29, 1.82) is 0 Å². The Balaban J connectivity index is 1.30. The summed E-state index contributed by atoms with van der Waals surface area (Å²) in [5.41, 5.74) is 2.34. The van der Waals surface area contributed by atoms with E-state index < -0.39 is 5.91 Å². The second kappa shape index (κ2) is 10.7. The second-order valence-electron chi connectivity index (χ2n) is 8.09. The summed E-state index contributed by atoms with van der Waals surface area (Å²) in [5, 5.41) is 5.51. The highest BCUT2D eigenvalue weighted by atomic mass is 16.5. The summed E-state index contributed by atoms with van der Waals surface area (Å²) in [4.78, 5) is 24.5. The van der Waals surface area contributed by atoms with Crippen LogP contribution in [0.5, 0.6) is 11.5 Å². The summed E-state index contributed by atoms with van der Waals surface area (Å²) in [6, 6.07) is 16.2. The van der Waals surface area contributed by atoms with E-state index in [2.05, 4.69) is 22.8 Å². The minimum absolute atomic E-state index is 0.109. The third-order valence-electron chi connectivity index (χ3n) is 5.81. The van der Waals surface area contributed by atoms with Gasteiger partial charge in [-0.1, -0.05) is 31.4 Å². The lowest BCUT2D eigenvalue weighted by molar-refractivity contribution is -0.118. The monoisotopic (exact) mass is 448 g/mol.